The Morgan fingerprint density at radius 2 is 0.364 bits per heavy atom. The van der Waals surface area contributed by atoms with Crippen molar-refractivity contribution in [1.82, 2.24) is 0 Å². The molecule has 1 heteroatoms. The van der Waals surface area contributed by atoms with Crippen LogP contribution >= 0.6 is 11.6 Å². The molecule has 0 aromatic rings. The summed E-state index contributed by atoms with van der Waals surface area (Å²) in [7, 11) is 0. The van der Waals surface area contributed by atoms with Crippen LogP contribution in [0.4, 0.5) is 0 Å². The first-order valence-corrected chi connectivity index (χ1v) is 21.7. The van der Waals surface area contributed by atoms with Crippen LogP contribution in [0.3, 0.4) is 0 Å². The third-order valence-corrected chi connectivity index (χ3v) is 11.0. The van der Waals surface area contributed by atoms with E-state index in [-0.39, 0.29) is 4.87 Å². The summed E-state index contributed by atoms with van der Waals surface area (Å²) in [4.78, 5) is 0.0927. The van der Waals surface area contributed by atoms with Crippen molar-refractivity contribution in [3.05, 3.63) is 0 Å². The Kier molecular flexibility index (Phi) is 38.0. The first-order valence-electron chi connectivity index (χ1n) is 21.4. The molecule has 266 valence electrons. The Labute approximate surface area is 286 Å². The zero-order valence-corrected chi connectivity index (χ0v) is 32.2. The van der Waals surface area contributed by atoms with Crippen molar-refractivity contribution in [2.45, 2.75) is 276 Å². The van der Waals surface area contributed by atoms with Crippen LogP contribution in [-0.2, 0) is 0 Å². The number of hydrogen-bond acceptors (Lipinski definition) is 0. The van der Waals surface area contributed by atoms with E-state index >= 15 is 0 Å². The van der Waals surface area contributed by atoms with Gasteiger partial charge in [0.05, 0.1) is 0 Å². The quantitative estimate of drug-likeness (QED) is 0.0464. The second-order valence-corrected chi connectivity index (χ2v) is 15.9. The lowest BCUT2D eigenvalue weighted by molar-refractivity contribution is 0.394. The van der Waals surface area contributed by atoms with E-state index in [9.17, 15) is 0 Å². The van der Waals surface area contributed by atoms with Gasteiger partial charge in [0, 0.05) is 4.87 Å². The summed E-state index contributed by atoms with van der Waals surface area (Å²) in [6, 6.07) is 0. The minimum atomic E-state index is 0.0927. The second-order valence-electron chi connectivity index (χ2n) is 15.1. The lowest BCUT2D eigenvalue weighted by Crippen LogP contribution is -2.21. The molecule has 0 spiro atoms. The molecule has 0 aromatic carbocycles. The van der Waals surface area contributed by atoms with Crippen molar-refractivity contribution < 1.29 is 0 Å². The monoisotopic (exact) mass is 639 g/mol. The summed E-state index contributed by atoms with van der Waals surface area (Å²) < 4.78 is 0. The highest BCUT2D eigenvalue weighted by molar-refractivity contribution is 6.23. The topological polar surface area (TPSA) is 0 Å². The summed E-state index contributed by atoms with van der Waals surface area (Å²) in [5.41, 5.74) is 0. The number of halogens is 1. The molecule has 0 saturated carbocycles. The van der Waals surface area contributed by atoms with Crippen LogP contribution < -0.4 is 0 Å². The fraction of sp³-hybridized carbons (Fsp3) is 1.00. The van der Waals surface area contributed by atoms with Gasteiger partial charge in [-0.15, -0.1) is 11.6 Å². The molecule has 0 atom stereocenters. The zero-order chi connectivity index (χ0) is 32.1. The van der Waals surface area contributed by atoms with E-state index in [1.54, 1.807) is 0 Å². The maximum Gasteiger partial charge on any atom is 0.0446 e. The largest absolute Gasteiger partial charge is 0.119 e. The molecule has 0 bridgehead atoms. The van der Waals surface area contributed by atoms with Gasteiger partial charge in [-0.2, -0.15) is 0 Å². The highest BCUT2D eigenvalue weighted by atomic mass is 35.5. The average Bonchev–Trinajstić information content (AvgIpc) is 3.02. The summed E-state index contributed by atoms with van der Waals surface area (Å²) in [6.45, 7) is 6.94. The van der Waals surface area contributed by atoms with Gasteiger partial charge in [0.15, 0.2) is 0 Å². The van der Waals surface area contributed by atoms with Gasteiger partial charge in [-0.1, -0.05) is 252 Å². The van der Waals surface area contributed by atoms with E-state index in [0.29, 0.717) is 0 Å². The molecule has 0 saturated heterocycles. The van der Waals surface area contributed by atoms with Gasteiger partial charge in [0.1, 0.15) is 0 Å². The SMILES string of the molecule is CCCCCCCCCCCCCCC(Cl)(CCCCCCCCCCCCCC)CCCCCCCCCCCCCC. The Balaban J connectivity index is 4.06. The second kappa shape index (κ2) is 37.7. The molecular formula is C43H87Cl. The summed E-state index contributed by atoms with van der Waals surface area (Å²) in [5, 5.41) is 0. The predicted molar refractivity (Wildman–Crippen MR) is 206 cm³/mol. The Bertz CT molecular complexity index is 430. The summed E-state index contributed by atoms with van der Waals surface area (Å²) in [5.74, 6) is 0. The smallest absolute Gasteiger partial charge is 0.0446 e. The third-order valence-electron chi connectivity index (χ3n) is 10.4. The molecule has 0 aliphatic rings. The minimum Gasteiger partial charge on any atom is -0.119 e. The van der Waals surface area contributed by atoms with E-state index in [4.69, 9.17) is 11.6 Å². The van der Waals surface area contributed by atoms with Crippen molar-refractivity contribution in [3.63, 3.8) is 0 Å². The first kappa shape index (κ1) is 44.3. The van der Waals surface area contributed by atoms with Gasteiger partial charge in [-0.05, 0) is 19.3 Å². The number of alkyl halides is 1. The maximum absolute atomic E-state index is 7.44. The number of rotatable bonds is 39. The van der Waals surface area contributed by atoms with Crippen molar-refractivity contribution in [2.75, 3.05) is 0 Å². The van der Waals surface area contributed by atoms with E-state index in [1.165, 1.54) is 250 Å². The van der Waals surface area contributed by atoms with Crippen molar-refractivity contribution >= 4 is 11.6 Å². The van der Waals surface area contributed by atoms with E-state index < -0.39 is 0 Å². The molecule has 0 radical (unpaired) electrons. The lowest BCUT2D eigenvalue weighted by Gasteiger charge is -2.27. The highest BCUT2D eigenvalue weighted by Gasteiger charge is 2.25. The van der Waals surface area contributed by atoms with Gasteiger partial charge >= 0.3 is 0 Å². The average molecular weight is 640 g/mol. The van der Waals surface area contributed by atoms with Gasteiger partial charge in [0.25, 0.3) is 0 Å². The van der Waals surface area contributed by atoms with Gasteiger partial charge in [-0.3, -0.25) is 0 Å². The van der Waals surface area contributed by atoms with E-state index in [2.05, 4.69) is 20.8 Å². The third kappa shape index (κ3) is 35.1. The maximum atomic E-state index is 7.44. The molecule has 0 nitrogen and oxygen atoms in total. The highest BCUT2D eigenvalue weighted by Crippen LogP contribution is 2.35. The fourth-order valence-corrected chi connectivity index (χ4v) is 7.62. The van der Waals surface area contributed by atoms with Crippen LogP contribution in [-0.4, -0.2) is 4.87 Å². The van der Waals surface area contributed by atoms with Crippen LogP contribution in [0.5, 0.6) is 0 Å². The molecule has 0 heterocycles. The normalized spacial score (nSPS) is 12.0. The minimum absolute atomic E-state index is 0.0927. The molecule has 44 heavy (non-hydrogen) atoms. The van der Waals surface area contributed by atoms with Gasteiger partial charge in [-0.25, -0.2) is 0 Å². The predicted octanol–water partition coefficient (Wildman–Crippen LogP) is 17.2. The lowest BCUT2D eigenvalue weighted by atomic mass is 9.88. The number of unbranched alkanes of at least 4 members (excludes halogenated alkanes) is 33. The van der Waals surface area contributed by atoms with Crippen molar-refractivity contribution in [3.8, 4) is 0 Å². The molecule has 0 N–H and O–H groups in total. The Hall–Kier alpha value is 0.290. The molecule has 0 aliphatic heterocycles. The van der Waals surface area contributed by atoms with Crippen LogP contribution in [0, 0.1) is 0 Å². The van der Waals surface area contributed by atoms with E-state index in [0.717, 1.165) is 0 Å². The summed E-state index contributed by atoms with van der Waals surface area (Å²) in [6.07, 6.45) is 55.4. The Morgan fingerprint density at radius 3 is 0.523 bits per heavy atom. The number of hydrogen-bond donors (Lipinski definition) is 0. The van der Waals surface area contributed by atoms with Gasteiger partial charge < -0.3 is 0 Å². The van der Waals surface area contributed by atoms with Gasteiger partial charge in [0.2, 0.25) is 0 Å². The molecular weight excluding hydrogens is 552 g/mol. The van der Waals surface area contributed by atoms with E-state index in [1.807, 2.05) is 0 Å². The molecule has 0 unspecified atom stereocenters. The molecule has 0 aliphatic carbocycles. The van der Waals surface area contributed by atoms with Crippen molar-refractivity contribution in [2.24, 2.45) is 0 Å². The van der Waals surface area contributed by atoms with Crippen LogP contribution in [0.1, 0.15) is 271 Å². The zero-order valence-electron chi connectivity index (χ0n) is 31.5. The van der Waals surface area contributed by atoms with Crippen LogP contribution in [0.2, 0.25) is 0 Å². The van der Waals surface area contributed by atoms with Crippen LogP contribution in [0.25, 0.3) is 0 Å². The first-order chi connectivity index (χ1) is 21.7. The van der Waals surface area contributed by atoms with Crippen LogP contribution in [0.15, 0.2) is 0 Å². The molecule has 0 aromatic heterocycles. The summed E-state index contributed by atoms with van der Waals surface area (Å²) >= 11 is 7.44. The Morgan fingerprint density at radius 1 is 0.227 bits per heavy atom. The molecule has 0 rings (SSSR count). The fourth-order valence-electron chi connectivity index (χ4n) is 7.22. The molecule has 0 amide bonds. The molecule has 0 fully saturated rings. The van der Waals surface area contributed by atoms with Crippen molar-refractivity contribution in [1.29, 1.82) is 0 Å². The standard InChI is InChI=1S/C43H87Cl/c1-4-7-10-13-16-19-22-25-28-31-34-37-40-43(44,41-38-35-32-29-26-23-20-17-14-11-8-5-2)42-39-36-33-30-27-24-21-18-15-12-9-6-3/h4-42H2,1-3H3.